The number of rotatable bonds is 19. The minimum Gasteiger partial charge on any atom is -0.504 e. The number of nitrogens with zero attached hydrogens (tertiary/aromatic N) is 2. The number of anilines is 6. The van der Waals surface area contributed by atoms with E-state index < -0.39 is 59.3 Å². The molecule has 0 saturated carbocycles. The average Bonchev–Trinajstić information content (AvgIpc) is 4.05. The molecule has 2 aromatic carbocycles. The van der Waals surface area contributed by atoms with Crippen molar-refractivity contribution in [3.63, 3.8) is 0 Å². The van der Waals surface area contributed by atoms with Crippen LogP contribution in [0.4, 0.5) is 34.1 Å². The fourth-order valence-corrected chi connectivity index (χ4v) is 12.5. The number of hydrogen-bond donors (Lipinski definition) is 6. The lowest BCUT2D eigenvalue weighted by Gasteiger charge is -2.31. The molecule has 22 heteroatoms. The lowest BCUT2D eigenvalue weighted by atomic mass is 9.85. The van der Waals surface area contributed by atoms with Crippen LogP contribution in [-0.2, 0) is 20.0 Å². The summed E-state index contributed by atoms with van der Waals surface area (Å²) < 4.78 is 64.4. The van der Waals surface area contributed by atoms with E-state index >= 15 is 0 Å². The van der Waals surface area contributed by atoms with Gasteiger partial charge in [-0.3, -0.25) is 19.2 Å². The van der Waals surface area contributed by atoms with Crippen LogP contribution in [0, 0.1) is 19.3 Å². The van der Waals surface area contributed by atoms with E-state index in [2.05, 4.69) is 21.3 Å². The number of furan rings is 2. The molecule has 4 heterocycles. The maximum atomic E-state index is 12.8. The Balaban J connectivity index is 0.000000241. The van der Waals surface area contributed by atoms with Crippen LogP contribution < -0.4 is 43.0 Å². The molecular weight excluding hydrogens is 909 g/mol. The summed E-state index contributed by atoms with van der Waals surface area (Å²) >= 11 is 1.69. The van der Waals surface area contributed by atoms with Gasteiger partial charge in [0.05, 0.1) is 23.5 Å². The molecule has 0 amide bonds. The summed E-state index contributed by atoms with van der Waals surface area (Å²) in [5, 5.41) is 35.5. The second kappa shape index (κ2) is 19.5. The van der Waals surface area contributed by atoms with Gasteiger partial charge in [0.25, 0.3) is 41.8 Å². The Labute approximate surface area is 379 Å². The highest BCUT2D eigenvalue weighted by Gasteiger charge is 2.35. The molecule has 18 nitrogen and oxygen atoms in total. The maximum absolute atomic E-state index is 12.8. The van der Waals surface area contributed by atoms with Crippen molar-refractivity contribution in [3.8, 4) is 11.5 Å². The van der Waals surface area contributed by atoms with Gasteiger partial charge in [-0.1, -0.05) is 55.4 Å². The quantitative estimate of drug-likeness (QED) is 0.0438. The molecule has 0 saturated heterocycles. The highest BCUT2D eigenvalue weighted by atomic mass is 32.3. The van der Waals surface area contributed by atoms with Crippen molar-refractivity contribution in [1.29, 1.82) is 0 Å². The fraction of sp³-hybridized carbons (Fsp3) is 0.429. The monoisotopic (exact) mass is 962 g/mol. The minimum atomic E-state index is -3.88. The average molecular weight is 963 g/mol. The number of aryl methyl sites for hydroxylation is 2. The van der Waals surface area contributed by atoms with E-state index in [1.54, 1.807) is 33.8 Å². The largest absolute Gasteiger partial charge is 0.504 e. The second-order valence-corrected chi connectivity index (χ2v) is 21.8. The van der Waals surface area contributed by atoms with E-state index in [0.29, 0.717) is 17.9 Å². The minimum absolute atomic E-state index is 0.0217. The molecule has 64 heavy (non-hydrogen) atoms. The van der Waals surface area contributed by atoms with Crippen molar-refractivity contribution < 1.29 is 35.9 Å². The molecule has 0 aliphatic heterocycles. The third-order valence-electron chi connectivity index (χ3n) is 10.4. The molecule has 0 radical (unpaired) electrons. The van der Waals surface area contributed by atoms with Crippen LogP contribution in [0.5, 0.6) is 11.5 Å². The first-order valence-electron chi connectivity index (χ1n) is 20.5. The molecule has 6 aromatic rings. The SMILES string of the molecule is CCN(CC)S(=O)(=O)c1scc(Nc2c(N[C@@H](c3ccc(C)o3)C(C)(C)C)c(=O)c2=O)c1O.CC[C@@H](Nc1c(Nc2csc(S(=O)(=O)N(CC)CC)c2O)c(=O)c1=O)c1ccc(C)o1. The molecule has 2 atom stereocenters. The number of nitrogens with one attached hydrogen (secondary N) is 4. The van der Waals surface area contributed by atoms with Crippen LogP contribution >= 0.6 is 22.7 Å². The molecular formula is C42H54N6O12S4. The first-order valence-corrected chi connectivity index (χ1v) is 25.1. The van der Waals surface area contributed by atoms with Crippen LogP contribution in [0.3, 0.4) is 0 Å². The standard InChI is InChI=1S/C22H29N3O6S2.C20H25N3O6S2/c1-7-25(8-2)33(29,30)21-17(26)13(11-32-21)23-15-16(19(28)18(15)27)24-20(22(4,5)6)14-10-9-12(3)31-14;1-5-12(14-9-8-11(4)29-14)21-15-16(19(26)18(15)25)22-13-10-30-20(17(13)24)31(27,28)23(6-2)7-3/h9-11,20,23-24,26H,7-8H2,1-6H3;8-10,12,21-22,24H,5-7H2,1-4H3/t20-;12-/m01/s1. The molecule has 0 spiro atoms. The third-order valence-corrected chi connectivity index (χ3v) is 17.5. The zero-order valence-electron chi connectivity index (χ0n) is 37.2. The molecule has 6 rings (SSSR count). The Bertz CT molecular complexity index is 2970. The van der Waals surface area contributed by atoms with Crippen LogP contribution in [0.25, 0.3) is 0 Å². The van der Waals surface area contributed by atoms with Crippen molar-refractivity contribution in [2.24, 2.45) is 5.41 Å². The fourth-order valence-electron chi connectivity index (χ4n) is 6.80. The lowest BCUT2D eigenvalue weighted by molar-refractivity contribution is 0.300. The van der Waals surface area contributed by atoms with Crippen molar-refractivity contribution in [3.05, 3.63) is 99.0 Å². The summed E-state index contributed by atoms with van der Waals surface area (Å²) in [6.45, 7) is 19.3. The smallest absolute Gasteiger partial charge is 0.256 e. The van der Waals surface area contributed by atoms with Gasteiger partial charge in [-0.15, -0.1) is 22.7 Å². The summed E-state index contributed by atoms with van der Waals surface area (Å²) in [6, 6.07) is 6.49. The van der Waals surface area contributed by atoms with Crippen LogP contribution in [-0.4, -0.2) is 61.8 Å². The Morgan fingerprint density at radius 2 is 0.984 bits per heavy atom. The summed E-state index contributed by atoms with van der Waals surface area (Å²) in [7, 11) is -7.74. The van der Waals surface area contributed by atoms with E-state index in [1.165, 1.54) is 19.4 Å². The van der Waals surface area contributed by atoms with Crippen molar-refractivity contribution in [1.82, 2.24) is 8.61 Å². The van der Waals surface area contributed by atoms with E-state index in [4.69, 9.17) is 8.83 Å². The van der Waals surface area contributed by atoms with Gasteiger partial charge >= 0.3 is 0 Å². The van der Waals surface area contributed by atoms with Crippen molar-refractivity contribution >= 4 is 76.8 Å². The Morgan fingerprint density at radius 1 is 0.609 bits per heavy atom. The van der Waals surface area contributed by atoms with E-state index in [-0.39, 0.29) is 80.2 Å². The van der Waals surface area contributed by atoms with Gasteiger partial charge in [-0.2, -0.15) is 8.61 Å². The topological polar surface area (TPSA) is 258 Å². The van der Waals surface area contributed by atoms with E-state index in [9.17, 15) is 46.2 Å². The molecule has 0 aliphatic rings. The Hall–Kier alpha value is -5.26. The van der Waals surface area contributed by atoms with Crippen LogP contribution in [0.1, 0.15) is 96.9 Å². The number of sulfonamides is 2. The normalized spacial score (nSPS) is 13.3. The molecule has 4 aromatic heterocycles. The summed E-state index contributed by atoms with van der Waals surface area (Å²) in [4.78, 5) is 49.0. The number of hydrogen-bond acceptors (Lipinski definition) is 18. The van der Waals surface area contributed by atoms with Gasteiger partial charge in [0.2, 0.25) is 0 Å². The molecule has 0 unspecified atom stereocenters. The lowest BCUT2D eigenvalue weighted by Crippen LogP contribution is -2.39. The molecule has 0 bridgehead atoms. The first kappa shape index (κ1) is 49.8. The van der Waals surface area contributed by atoms with Crippen molar-refractivity contribution in [2.45, 2.75) is 96.2 Å². The number of aromatic hydroxyl groups is 2. The summed E-state index contributed by atoms with van der Waals surface area (Å²) in [5.41, 5.74) is -3.06. The molecule has 6 N–H and O–H groups in total. The van der Waals surface area contributed by atoms with E-state index in [1.807, 2.05) is 59.7 Å². The predicted octanol–water partition coefficient (Wildman–Crippen LogP) is 7.21. The maximum Gasteiger partial charge on any atom is 0.256 e. The molecule has 348 valence electrons. The van der Waals surface area contributed by atoms with Gasteiger partial charge in [0.15, 0.2) is 19.9 Å². The molecule has 0 aliphatic carbocycles. The number of thiophene rings is 2. The van der Waals surface area contributed by atoms with Gasteiger partial charge in [0, 0.05) is 36.9 Å². The summed E-state index contributed by atoms with van der Waals surface area (Å²) in [5.74, 6) is 1.72. The van der Waals surface area contributed by atoms with Crippen LogP contribution in [0.15, 0.2) is 71.5 Å². The highest BCUT2D eigenvalue weighted by Crippen LogP contribution is 2.43. The van der Waals surface area contributed by atoms with Gasteiger partial charge < -0.3 is 40.3 Å². The zero-order valence-corrected chi connectivity index (χ0v) is 40.4. The van der Waals surface area contributed by atoms with Crippen molar-refractivity contribution in [2.75, 3.05) is 47.4 Å². The highest BCUT2D eigenvalue weighted by molar-refractivity contribution is 7.91. The van der Waals surface area contributed by atoms with Crippen LogP contribution in [0.2, 0.25) is 0 Å². The van der Waals surface area contributed by atoms with Gasteiger partial charge in [-0.05, 0) is 49.9 Å². The zero-order chi connectivity index (χ0) is 47.6. The Morgan fingerprint density at radius 3 is 1.33 bits per heavy atom. The molecule has 0 fully saturated rings. The Kier molecular flexibility index (Phi) is 15.1. The second-order valence-electron chi connectivity index (χ2n) is 15.8. The van der Waals surface area contributed by atoms with E-state index in [0.717, 1.165) is 34.2 Å². The predicted molar refractivity (Wildman–Crippen MR) is 251 cm³/mol. The van der Waals surface area contributed by atoms with Gasteiger partial charge in [-0.25, -0.2) is 16.8 Å². The van der Waals surface area contributed by atoms with Gasteiger partial charge in [0.1, 0.15) is 45.8 Å². The third kappa shape index (κ3) is 9.71. The summed E-state index contributed by atoms with van der Waals surface area (Å²) in [6.07, 6.45) is 0.598. The first-order chi connectivity index (χ1) is 30.0.